The number of aryl methyl sites for hydroxylation is 1. The highest BCUT2D eigenvalue weighted by Gasteiger charge is 2.41. The Bertz CT molecular complexity index is 533. The molecule has 0 atom stereocenters. The van der Waals surface area contributed by atoms with Crippen LogP contribution in [0.5, 0.6) is 0 Å². The van der Waals surface area contributed by atoms with Gasteiger partial charge >= 0.3 is 0 Å². The van der Waals surface area contributed by atoms with E-state index in [-0.39, 0.29) is 10.5 Å². The normalized spacial score (nSPS) is 21.3. The van der Waals surface area contributed by atoms with Crippen LogP contribution in [0.1, 0.15) is 35.2 Å². The summed E-state index contributed by atoms with van der Waals surface area (Å²) in [5.74, 6) is 0.261. The van der Waals surface area contributed by atoms with Crippen LogP contribution in [-0.2, 0) is 4.79 Å². The van der Waals surface area contributed by atoms with Gasteiger partial charge in [0.15, 0.2) is 5.78 Å². The second-order valence-electron chi connectivity index (χ2n) is 5.53. The molecular formula is C15H17NO2S. The Morgan fingerprint density at radius 1 is 1.32 bits per heavy atom. The van der Waals surface area contributed by atoms with Gasteiger partial charge in [0.1, 0.15) is 0 Å². The smallest absolute Gasteiger partial charge is 0.209 e. The summed E-state index contributed by atoms with van der Waals surface area (Å²) in [6.45, 7) is 3.56. The first kappa shape index (κ1) is 12.7. The molecule has 0 N–H and O–H groups in total. The highest BCUT2D eigenvalue weighted by Crippen LogP contribution is 2.48. The minimum Gasteiger partial charge on any atom is -0.345 e. The Labute approximate surface area is 117 Å². The molecule has 0 radical (unpaired) electrons. The van der Waals surface area contributed by atoms with Gasteiger partial charge in [-0.1, -0.05) is 11.6 Å². The molecule has 4 heteroatoms. The lowest BCUT2D eigenvalue weighted by atomic mass is 9.88. The first-order valence-electron chi connectivity index (χ1n) is 6.64. The zero-order valence-corrected chi connectivity index (χ0v) is 11.8. The highest BCUT2D eigenvalue weighted by molar-refractivity contribution is 8.01. The number of piperidine rings is 1. The number of amides is 1. The third-order valence-electron chi connectivity index (χ3n) is 4.10. The number of hydrogen-bond acceptors (Lipinski definition) is 3. The van der Waals surface area contributed by atoms with E-state index in [0.29, 0.717) is 6.42 Å². The Kier molecular flexibility index (Phi) is 3.13. The number of likely N-dealkylation sites (tertiary alicyclic amines) is 1. The number of Topliss-reactive ketones (excluding diaryl/α,β-unsaturated/α-hetero) is 1. The third-order valence-corrected chi connectivity index (χ3v) is 5.66. The van der Waals surface area contributed by atoms with Crippen LogP contribution in [0, 0.1) is 6.92 Å². The molecule has 1 aromatic rings. The second kappa shape index (κ2) is 4.67. The predicted octanol–water partition coefficient (Wildman–Crippen LogP) is 2.66. The van der Waals surface area contributed by atoms with Gasteiger partial charge in [0.2, 0.25) is 6.41 Å². The van der Waals surface area contributed by atoms with Gasteiger partial charge in [-0.15, -0.1) is 11.8 Å². The van der Waals surface area contributed by atoms with Crippen LogP contribution in [-0.4, -0.2) is 34.9 Å². The van der Waals surface area contributed by atoms with Crippen molar-refractivity contribution in [1.82, 2.24) is 4.90 Å². The van der Waals surface area contributed by atoms with Crippen LogP contribution in [0.4, 0.5) is 0 Å². The average Bonchev–Trinajstić information content (AvgIpc) is 2.41. The fourth-order valence-electron chi connectivity index (χ4n) is 2.92. The molecule has 0 saturated carbocycles. The van der Waals surface area contributed by atoms with Crippen molar-refractivity contribution in [3.05, 3.63) is 29.3 Å². The fraction of sp³-hybridized carbons (Fsp3) is 0.467. The number of hydrogen-bond donors (Lipinski definition) is 0. The van der Waals surface area contributed by atoms with Crippen LogP contribution in [0.15, 0.2) is 23.1 Å². The molecule has 0 unspecified atom stereocenters. The van der Waals surface area contributed by atoms with Gasteiger partial charge in [-0.2, -0.15) is 0 Å². The first-order valence-corrected chi connectivity index (χ1v) is 7.46. The average molecular weight is 275 g/mol. The topological polar surface area (TPSA) is 37.4 Å². The molecule has 2 aliphatic rings. The molecule has 1 saturated heterocycles. The zero-order valence-electron chi connectivity index (χ0n) is 11.0. The molecule has 19 heavy (non-hydrogen) atoms. The maximum atomic E-state index is 12.4. The van der Waals surface area contributed by atoms with Crippen LogP contribution in [0.25, 0.3) is 0 Å². The Hall–Kier alpha value is -1.29. The maximum absolute atomic E-state index is 12.4. The van der Waals surface area contributed by atoms with Crippen LogP contribution >= 0.6 is 11.8 Å². The predicted molar refractivity (Wildman–Crippen MR) is 75.6 cm³/mol. The number of rotatable bonds is 1. The largest absolute Gasteiger partial charge is 0.345 e. The van der Waals surface area contributed by atoms with Crippen LogP contribution < -0.4 is 0 Å². The molecule has 100 valence electrons. The monoisotopic (exact) mass is 275 g/mol. The summed E-state index contributed by atoms with van der Waals surface area (Å²) in [7, 11) is 0. The number of nitrogens with zero attached hydrogens (tertiary/aromatic N) is 1. The minimum absolute atomic E-state index is 0.0127. The molecule has 1 aromatic carbocycles. The van der Waals surface area contributed by atoms with E-state index in [9.17, 15) is 9.59 Å². The number of ketones is 1. The fourth-order valence-corrected chi connectivity index (χ4v) is 4.40. The number of carbonyl (C=O) groups is 2. The van der Waals surface area contributed by atoms with Crippen molar-refractivity contribution in [1.29, 1.82) is 0 Å². The molecule has 0 bridgehead atoms. The molecule has 2 heterocycles. The Morgan fingerprint density at radius 3 is 2.74 bits per heavy atom. The number of fused-ring (bicyclic) bond motifs is 1. The zero-order chi connectivity index (χ0) is 13.5. The number of thioether (sulfide) groups is 1. The van der Waals surface area contributed by atoms with Gasteiger partial charge in [-0.05, 0) is 31.9 Å². The quantitative estimate of drug-likeness (QED) is 0.739. The summed E-state index contributed by atoms with van der Waals surface area (Å²) in [6, 6.07) is 6.14. The standard InChI is InChI=1S/C15H17NO2S/c1-11-2-3-14-12(8-11)13(18)9-15(19-14)4-6-16(10-17)7-5-15/h2-3,8,10H,4-7,9H2,1H3. The minimum atomic E-state index is 0.0127. The molecule has 3 nitrogen and oxygen atoms in total. The SMILES string of the molecule is Cc1ccc2c(c1)C(=O)CC1(CCN(C=O)CC1)S2. The lowest BCUT2D eigenvalue weighted by Crippen LogP contribution is -2.44. The van der Waals surface area contributed by atoms with Crippen LogP contribution in [0.2, 0.25) is 0 Å². The first-order chi connectivity index (χ1) is 9.12. The van der Waals surface area contributed by atoms with Gasteiger partial charge in [-0.25, -0.2) is 0 Å². The van der Waals surface area contributed by atoms with Gasteiger partial charge in [0.05, 0.1) is 0 Å². The third kappa shape index (κ3) is 2.29. The lowest BCUT2D eigenvalue weighted by molar-refractivity contribution is -0.119. The molecular weight excluding hydrogens is 258 g/mol. The van der Waals surface area contributed by atoms with Gasteiger partial charge in [-0.3, -0.25) is 9.59 Å². The van der Waals surface area contributed by atoms with Crippen molar-refractivity contribution in [2.45, 2.75) is 35.8 Å². The van der Waals surface area contributed by atoms with Crippen molar-refractivity contribution in [2.75, 3.05) is 13.1 Å². The van der Waals surface area contributed by atoms with Crippen molar-refractivity contribution in [3.63, 3.8) is 0 Å². The molecule has 2 aliphatic heterocycles. The van der Waals surface area contributed by atoms with Crippen LogP contribution in [0.3, 0.4) is 0 Å². The van der Waals surface area contributed by atoms with E-state index in [2.05, 4.69) is 12.1 Å². The molecule has 0 aromatic heterocycles. The van der Waals surface area contributed by atoms with Crippen molar-refractivity contribution in [2.24, 2.45) is 0 Å². The summed E-state index contributed by atoms with van der Waals surface area (Å²) in [6.07, 6.45) is 3.35. The summed E-state index contributed by atoms with van der Waals surface area (Å²) >= 11 is 1.84. The molecule has 1 amide bonds. The summed E-state index contributed by atoms with van der Waals surface area (Å²) in [4.78, 5) is 26.1. The maximum Gasteiger partial charge on any atom is 0.209 e. The van der Waals surface area contributed by atoms with Gasteiger partial charge in [0.25, 0.3) is 0 Å². The molecule has 3 rings (SSSR count). The Morgan fingerprint density at radius 2 is 2.05 bits per heavy atom. The molecule has 0 aliphatic carbocycles. The molecule has 1 fully saturated rings. The van der Waals surface area contributed by atoms with Gasteiger partial charge in [0, 0.05) is 34.7 Å². The summed E-state index contributed by atoms with van der Waals surface area (Å²) in [5.41, 5.74) is 2.02. The number of carbonyl (C=O) groups excluding carboxylic acids is 2. The lowest BCUT2D eigenvalue weighted by Gasteiger charge is -2.42. The highest BCUT2D eigenvalue weighted by atomic mass is 32.2. The van der Waals surface area contributed by atoms with E-state index in [1.54, 1.807) is 4.90 Å². The van der Waals surface area contributed by atoms with E-state index in [1.165, 1.54) is 0 Å². The van der Waals surface area contributed by atoms with Crippen molar-refractivity contribution >= 4 is 24.0 Å². The molecule has 1 spiro atoms. The van der Waals surface area contributed by atoms with Crippen molar-refractivity contribution in [3.8, 4) is 0 Å². The van der Waals surface area contributed by atoms with E-state index in [4.69, 9.17) is 0 Å². The second-order valence-corrected chi connectivity index (χ2v) is 7.04. The van der Waals surface area contributed by atoms with Crippen molar-refractivity contribution < 1.29 is 9.59 Å². The summed E-state index contributed by atoms with van der Waals surface area (Å²) < 4.78 is 0.0127. The van der Waals surface area contributed by atoms with Gasteiger partial charge < -0.3 is 4.90 Å². The van der Waals surface area contributed by atoms with E-state index < -0.39 is 0 Å². The van der Waals surface area contributed by atoms with E-state index >= 15 is 0 Å². The van der Waals surface area contributed by atoms with E-state index in [1.807, 2.05) is 24.8 Å². The number of benzene rings is 1. The van der Waals surface area contributed by atoms with E-state index in [0.717, 1.165) is 48.4 Å². The summed E-state index contributed by atoms with van der Waals surface area (Å²) in [5, 5.41) is 0. The Balaban J connectivity index is 1.87.